The highest BCUT2D eigenvalue weighted by atomic mass is 16.6. The minimum Gasteiger partial charge on any atom is -0.462 e. The first kappa shape index (κ1) is 13.0. The number of fused-ring (bicyclic) bond motifs is 1. The molecule has 1 aromatic carbocycles. The zero-order valence-electron chi connectivity index (χ0n) is 11.1. The van der Waals surface area contributed by atoms with E-state index in [9.17, 15) is 5.11 Å². The first-order valence-corrected chi connectivity index (χ1v) is 6.16. The number of aliphatic hydroxyl groups excluding tert-OH is 1. The van der Waals surface area contributed by atoms with E-state index in [1.54, 1.807) is 0 Å². The normalized spacial score (nSPS) is 15.6. The summed E-state index contributed by atoms with van der Waals surface area (Å²) in [7, 11) is 0. The van der Waals surface area contributed by atoms with Crippen molar-refractivity contribution in [1.29, 1.82) is 0 Å². The number of anilines is 2. The van der Waals surface area contributed by atoms with Gasteiger partial charge in [0.15, 0.2) is 0 Å². The van der Waals surface area contributed by atoms with Crippen LogP contribution in [0.2, 0.25) is 0 Å². The lowest BCUT2D eigenvalue weighted by molar-refractivity contribution is -0.0185. The first-order chi connectivity index (χ1) is 8.46. The fourth-order valence-corrected chi connectivity index (χ4v) is 1.77. The van der Waals surface area contributed by atoms with Crippen LogP contribution in [0.4, 0.5) is 11.4 Å². The van der Waals surface area contributed by atoms with Crippen LogP contribution in [0.1, 0.15) is 20.8 Å². The molecule has 1 aromatic rings. The van der Waals surface area contributed by atoms with Gasteiger partial charge >= 0.3 is 0 Å². The van der Waals surface area contributed by atoms with Crippen molar-refractivity contribution in [1.82, 2.24) is 5.32 Å². The number of β-amino-alcohol motifs (C(OH)–C–C–N with tert-alkyl or cyclic N) is 1. The van der Waals surface area contributed by atoms with Crippen molar-refractivity contribution in [2.75, 3.05) is 23.8 Å². The third-order valence-electron chi connectivity index (χ3n) is 2.64. The van der Waals surface area contributed by atoms with Gasteiger partial charge in [-0.2, -0.15) is 0 Å². The lowest BCUT2D eigenvalue weighted by Crippen LogP contribution is -2.42. The Kier molecular flexibility index (Phi) is 3.63. The van der Waals surface area contributed by atoms with Crippen molar-refractivity contribution >= 4 is 11.4 Å². The third kappa shape index (κ3) is 3.27. The summed E-state index contributed by atoms with van der Waals surface area (Å²) in [5.41, 5.74) is 1.87. The van der Waals surface area contributed by atoms with E-state index < -0.39 is 6.29 Å². The van der Waals surface area contributed by atoms with Crippen LogP contribution < -0.4 is 20.7 Å². The van der Waals surface area contributed by atoms with Gasteiger partial charge < -0.3 is 25.8 Å². The van der Waals surface area contributed by atoms with Crippen LogP contribution in [0.25, 0.3) is 0 Å². The molecular formula is C13H21N3O2. The summed E-state index contributed by atoms with van der Waals surface area (Å²) in [6.45, 7) is 7.22. The largest absolute Gasteiger partial charge is 0.462 e. The Morgan fingerprint density at radius 2 is 2.17 bits per heavy atom. The second-order valence-electron chi connectivity index (χ2n) is 5.41. The lowest BCUT2D eigenvalue weighted by Gasteiger charge is -2.23. The van der Waals surface area contributed by atoms with Gasteiger partial charge in [-0.1, -0.05) is 6.07 Å². The van der Waals surface area contributed by atoms with Gasteiger partial charge in [-0.3, -0.25) is 0 Å². The maximum absolute atomic E-state index is 9.86. The molecule has 1 heterocycles. The Bertz CT molecular complexity index is 415. The van der Waals surface area contributed by atoms with Crippen LogP contribution in [-0.4, -0.2) is 30.1 Å². The molecule has 1 aliphatic heterocycles. The van der Waals surface area contributed by atoms with Gasteiger partial charge in [0.05, 0.1) is 18.9 Å². The van der Waals surface area contributed by atoms with Crippen LogP contribution in [0.5, 0.6) is 5.75 Å². The van der Waals surface area contributed by atoms with Crippen molar-refractivity contribution in [3.05, 3.63) is 18.2 Å². The van der Waals surface area contributed by atoms with Crippen LogP contribution in [0.3, 0.4) is 0 Å². The van der Waals surface area contributed by atoms with Crippen molar-refractivity contribution in [3.8, 4) is 5.75 Å². The van der Waals surface area contributed by atoms with Crippen molar-refractivity contribution < 1.29 is 9.84 Å². The van der Waals surface area contributed by atoms with E-state index in [-0.39, 0.29) is 5.54 Å². The Morgan fingerprint density at radius 3 is 2.89 bits per heavy atom. The average Bonchev–Trinajstić information content (AvgIpc) is 2.74. The molecule has 0 saturated carbocycles. The van der Waals surface area contributed by atoms with E-state index in [4.69, 9.17) is 4.74 Å². The molecule has 18 heavy (non-hydrogen) atoms. The second-order valence-corrected chi connectivity index (χ2v) is 5.41. The number of aliphatic hydroxyl groups is 1. The summed E-state index contributed by atoms with van der Waals surface area (Å²) in [6, 6.07) is 5.72. The summed E-state index contributed by atoms with van der Waals surface area (Å²) < 4.78 is 5.54. The number of ether oxygens (including phenoxy) is 1. The number of benzene rings is 1. The van der Waals surface area contributed by atoms with Gasteiger partial charge in [0, 0.05) is 5.54 Å². The maximum Gasteiger partial charge on any atom is 0.210 e. The van der Waals surface area contributed by atoms with Gasteiger partial charge in [0.2, 0.25) is 6.29 Å². The summed E-state index contributed by atoms with van der Waals surface area (Å²) in [5.74, 6) is 0.667. The molecule has 0 unspecified atom stereocenters. The molecule has 0 aliphatic carbocycles. The molecule has 1 atom stereocenters. The van der Waals surface area contributed by atoms with Gasteiger partial charge in [-0.05, 0) is 32.9 Å². The van der Waals surface area contributed by atoms with Gasteiger partial charge in [0.1, 0.15) is 11.4 Å². The molecule has 0 bridgehead atoms. The SMILES string of the molecule is CC(C)(C)NC[C@H](O)Oc1cccc2c1NCN2. The molecule has 5 nitrogen and oxygen atoms in total. The molecular weight excluding hydrogens is 230 g/mol. The van der Waals surface area contributed by atoms with Crippen LogP contribution in [0.15, 0.2) is 18.2 Å². The number of hydrogen-bond donors (Lipinski definition) is 4. The van der Waals surface area contributed by atoms with Crippen molar-refractivity contribution in [2.24, 2.45) is 0 Å². The van der Waals surface area contributed by atoms with Crippen LogP contribution in [-0.2, 0) is 0 Å². The lowest BCUT2D eigenvalue weighted by atomic mass is 10.1. The molecule has 4 N–H and O–H groups in total. The average molecular weight is 251 g/mol. The summed E-state index contributed by atoms with van der Waals surface area (Å²) >= 11 is 0. The topological polar surface area (TPSA) is 65.5 Å². The van der Waals surface area contributed by atoms with Crippen molar-refractivity contribution in [3.63, 3.8) is 0 Å². The number of rotatable bonds is 4. The molecule has 2 rings (SSSR count). The zero-order chi connectivity index (χ0) is 13.2. The highest BCUT2D eigenvalue weighted by Gasteiger charge is 2.18. The third-order valence-corrected chi connectivity index (χ3v) is 2.64. The molecule has 100 valence electrons. The van der Waals surface area contributed by atoms with Gasteiger partial charge in [-0.25, -0.2) is 0 Å². The molecule has 0 radical (unpaired) electrons. The predicted octanol–water partition coefficient (Wildman–Crippen LogP) is 1.57. The Hall–Kier alpha value is -1.46. The molecule has 0 aromatic heterocycles. The summed E-state index contributed by atoms with van der Waals surface area (Å²) in [4.78, 5) is 0. The van der Waals surface area contributed by atoms with Crippen LogP contribution >= 0.6 is 0 Å². The summed E-state index contributed by atoms with van der Waals surface area (Å²) in [5, 5.41) is 19.4. The quantitative estimate of drug-likeness (QED) is 0.612. The molecule has 0 fully saturated rings. The highest BCUT2D eigenvalue weighted by molar-refractivity contribution is 5.79. The zero-order valence-corrected chi connectivity index (χ0v) is 11.1. The van der Waals surface area contributed by atoms with Crippen molar-refractivity contribution in [2.45, 2.75) is 32.6 Å². The predicted molar refractivity (Wildman–Crippen MR) is 72.9 cm³/mol. The van der Waals surface area contributed by atoms with Gasteiger partial charge in [-0.15, -0.1) is 0 Å². The standard InChI is InChI=1S/C13H21N3O2/c1-13(2,3)16-7-11(17)18-10-6-4-5-9-12(10)15-8-14-9/h4-6,11,14-17H,7-8H2,1-3H3/t11-/m1/s1. The molecule has 0 amide bonds. The van der Waals surface area contributed by atoms with E-state index in [0.29, 0.717) is 19.0 Å². The van der Waals surface area contributed by atoms with E-state index in [2.05, 4.69) is 16.0 Å². The molecule has 0 saturated heterocycles. The van der Waals surface area contributed by atoms with Gasteiger partial charge in [0.25, 0.3) is 0 Å². The Labute approximate surface area is 108 Å². The first-order valence-electron chi connectivity index (χ1n) is 6.16. The monoisotopic (exact) mass is 251 g/mol. The number of nitrogens with one attached hydrogen (secondary N) is 3. The minimum absolute atomic E-state index is 0.0389. The fraction of sp³-hybridized carbons (Fsp3) is 0.538. The Balaban J connectivity index is 1.95. The van der Waals surface area contributed by atoms with Crippen LogP contribution in [0, 0.1) is 0 Å². The number of hydrogen-bond acceptors (Lipinski definition) is 5. The fourth-order valence-electron chi connectivity index (χ4n) is 1.77. The molecule has 5 heteroatoms. The van der Waals surface area contributed by atoms with E-state index in [1.165, 1.54) is 0 Å². The second kappa shape index (κ2) is 5.04. The van der Waals surface area contributed by atoms with E-state index in [0.717, 1.165) is 11.4 Å². The summed E-state index contributed by atoms with van der Waals surface area (Å²) in [6.07, 6.45) is -0.863. The molecule has 1 aliphatic rings. The van der Waals surface area contributed by atoms with E-state index >= 15 is 0 Å². The maximum atomic E-state index is 9.86. The Morgan fingerprint density at radius 1 is 1.39 bits per heavy atom. The number of para-hydroxylation sites is 1. The molecule has 0 spiro atoms. The highest BCUT2D eigenvalue weighted by Crippen LogP contribution is 2.35. The van der Waals surface area contributed by atoms with E-state index in [1.807, 2.05) is 39.0 Å². The smallest absolute Gasteiger partial charge is 0.210 e. The minimum atomic E-state index is -0.863.